The highest BCUT2D eigenvalue weighted by atomic mass is 19.1. The molecule has 0 saturated carbocycles. The summed E-state index contributed by atoms with van der Waals surface area (Å²) in [5, 5.41) is 14.9. The molecule has 1 atom stereocenters. The van der Waals surface area contributed by atoms with Crippen LogP contribution in [0.4, 0.5) is 8.78 Å². The van der Waals surface area contributed by atoms with Gasteiger partial charge in [-0.15, -0.1) is 0 Å². The van der Waals surface area contributed by atoms with Gasteiger partial charge in [0.15, 0.2) is 0 Å². The first-order valence-electron chi connectivity index (χ1n) is 13.2. The van der Waals surface area contributed by atoms with Gasteiger partial charge in [-0.25, -0.2) is 8.78 Å². The second kappa shape index (κ2) is 10.5. The van der Waals surface area contributed by atoms with Crippen molar-refractivity contribution in [1.82, 2.24) is 10.2 Å². The normalized spacial score (nSPS) is 16.2. The van der Waals surface area contributed by atoms with Crippen molar-refractivity contribution in [2.45, 2.75) is 64.3 Å². The molecule has 2 N–H and O–H groups in total. The van der Waals surface area contributed by atoms with Crippen LogP contribution < -0.4 is 5.32 Å². The van der Waals surface area contributed by atoms with Crippen molar-refractivity contribution in [1.29, 1.82) is 0 Å². The maximum Gasteiger partial charge on any atom is 0.123 e. The van der Waals surface area contributed by atoms with Crippen LogP contribution in [0.15, 0.2) is 60.7 Å². The summed E-state index contributed by atoms with van der Waals surface area (Å²) >= 11 is 0. The van der Waals surface area contributed by atoms with Crippen LogP contribution in [-0.2, 0) is 10.8 Å². The molecule has 0 aliphatic carbocycles. The van der Waals surface area contributed by atoms with Gasteiger partial charge in [0.05, 0.1) is 0 Å². The Hall–Kier alpha value is -2.76. The Morgan fingerprint density at radius 1 is 0.703 bits per heavy atom. The zero-order valence-corrected chi connectivity index (χ0v) is 22.9. The van der Waals surface area contributed by atoms with E-state index in [0.29, 0.717) is 5.75 Å². The van der Waals surface area contributed by atoms with Crippen LogP contribution in [0.1, 0.15) is 81.3 Å². The molecule has 1 fully saturated rings. The van der Waals surface area contributed by atoms with E-state index < -0.39 is 0 Å². The van der Waals surface area contributed by atoms with Gasteiger partial charge in [-0.1, -0.05) is 65.8 Å². The number of rotatable bonds is 5. The number of halogens is 2. The fraction of sp³-hybridized carbons (Fsp3) is 0.438. The lowest BCUT2D eigenvalue weighted by atomic mass is 9.74. The zero-order chi connectivity index (χ0) is 27.0. The van der Waals surface area contributed by atoms with Crippen LogP contribution in [0.3, 0.4) is 0 Å². The number of nitrogens with zero attached hydrogens (tertiary/aromatic N) is 1. The molecule has 4 rings (SSSR count). The van der Waals surface area contributed by atoms with Crippen LogP contribution >= 0.6 is 0 Å². The highest BCUT2D eigenvalue weighted by molar-refractivity contribution is 5.52. The second-order valence-electron chi connectivity index (χ2n) is 12.3. The summed E-state index contributed by atoms with van der Waals surface area (Å²) in [6.45, 7) is 16.2. The lowest BCUT2D eigenvalue weighted by molar-refractivity contribution is 0.159. The van der Waals surface area contributed by atoms with Crippen molar-refractivity contribution in [3.63, 3.8) is 0 Å². The lowest BCUT2D eigenvalue weighted by Gasteiger charge is -2.41. The maximum atomic E-state index is 14.0. The fourth-order valence-corrected chi connectivity index (χ4v) is 5.44. The molecule has 1 aliphatic heterocycles. The van der Waals surface area contributed by atoms with Gasteiger partial charge in [0, 0.05) is 38.1 Å². The van der Waals surface area contributed by atoms with Crippen LogP contribution in [0.2, 0.25) is 0 Å². The van der Waals surface area contributed by atoms with Crippen molar-refractivity contribution in [2.24, 2.45) is 0 Å². The van der Waals surface area contributed by atoms with Gasteiger partial charge in [0.1, 0.15) is 17.4 Å². The number of aromatic hydroxyl groups is 1. The topological polar surface area (TPSA) is 35.5 Å². The molecule has 1 aliphatic rings. The Bertz CT molecular complexity index is 1120. The predicted octanol–water partition coefficient (Wildman–Crippen LogP) is 7.04. The molecule has 37 heavy (non-hydrogen) atoms. The van der Waals surface area contributed by atoms with Crippen molar-refractivity contribution in [2.75, 3.05) is 26.2 Å². The molecule has 0 aromatic heterocycles. The van der Waals surface area contributed by atoms with Gasteiger partial charge in [0.2, 0.25) is 0 Å². The van der Waals surface area contributed by atoms with Gasteiger partial charge in [-0.3, -0.25) is 4.90 Å². The SMILES string of the molecule is CC(C)(C)c1cc(C(C(c2ccc(F)cc2)c2ccc(F)cc2)N2CCNCC2)cc(C(C)(C)C)c1O. The van der Waals surface area contributed by atoms with E-state index >= 15 is 0 Å². The average molecular weight is 507 g/mol. The Morgan fingerprint density at radius 2 is 1.11 bits per heavy atom. The van der Waals surface area contributed by atoms with E-state index in [1.54, 1.807) is 0 Å². The Kier molecular flexibility index (Phi) is 7.77. The summed E-state index contributed by atoms with van der Waals surface area (Å²) in [7, 11) is 0. The Morgan fingerprint density at radius 3 is 1.49 bits per heavy atom. The second-order valence-corrected chi connectivity index (χ2v) is 12.3. The smallest absolute Gasteiger partial charge is 0.123 e. The summed E-state index contributed by atoms with van der Waals surface area (Å²) < 4.78 is 28.0. The molecule has 0 amide bonds. The minimum Gasteiger partial charge on any atom is -0.507 e. The van der Waals surface area contributed by atoms with Gasteiger partial charge in [-0.2, -0.15) is 0 Å². The summed E-state index contributed by atoms with van der Waals surface area (Å²) in [6.07, 6.45) is 0. The molecule has 0 spiro atoms. The Balaban J connectivity index is 2.01. The fourth-order valence-electron chi connectivity index (χ4n) is 5.44. The molecule has 198 valence electrons. The van der Waals surface area contributed by atoms with E-state index in [9.17, 15) is 13.9 Å². The number of piperazine rings is 1. The van der Waals surface area contributed by atoms with Crippen molar-refractivity contribution >= 4 is 0 Å². The third kappa shape index (κ3) is 6.05. The van der Waals surface area contributed by atoms with Gasteiger partial charge < -0.3 is 10.4 Å². The Labute approximate surface area is 220 Å². The summed E-state index contributed by atoms with van der Waals surface area (Å²) in [6, 6.07) is 17.6. The van der Waals surface area contributed by atoms with Gasteiger partial charge in [0.25, 0.3) is 0 Å². The van der Waals surface area contributed by atoms with E-state index in [-0.39, 0.29) is 34.4 Å². The van der Waals surface area contributed by atoms with E-state index in [1.807, 2.05) is 24.3 Å². The number of hydrogen-bond donors (Lipinski definition) is 2. The molecule has 5 heteroatoms. The molecular formula is C32H40F2N2O. The van der Waals surface area contributed by atoms with Crippen LogP contribution in [0.5, 0.6) is 5.75 Å². The molecule has 1 saturated heterocycles. The number of phenolic OH excluding ortho intramolecular Hbond substituents is 1. The molecule has 3 aromatic rings. The van der Waals surface area contributed by atoms with Crippen molar-refractivity contribution < 1.29 is 13.9 Å². The third-order valence-corrected chi connectivity index (χ3v) is 7.41. The zero-order valence-electron chi connectivity index (χ0n) is 22.9. The first-order valence-corrected chi connectivity index (χ1v) is 13.2. The third-order valence-electron chi connectivity index (χ3n) is 7.41. The lowest BCUT2D eigenvalue weighted by Crippen LogP contribution is -2.46. The maximum absolute atomic E-state index is 14.0. The van der Waals surface area contributed by atoms with Gasteiger partial charge in [-0.05, 0) is 75.0 Å². The summed E-state index contributed by atoms with van der Waals surface area (Å²) in [5.74, 6) is -0.377. The number of nitrogens with one attached hydrogen (secondary N) is 1. The quantitative estimate of drug-likeness (QED) is 0.389. The molecule has 3 aromatic carbocycles. The van der Waals surface area contributed by atoms with Crippen LogP contribution in [-0.4, -0.2) is 36.2 Å². The number of benzene rings is 3. The standard InChI is InChI=1S/C32H40F2N2O/c1-31(2,3)26-19-23(20-27(30(26)37)32(4,5)6)29(36-17-15-35-16-18-36)28(21-7-11-24(33)12-8-21)22-9-13-25(34)14-10-22/h7-14,19-20,28-29,35,37H,15-18H2,1-6H3. The largest absolute Gasteiger partial charge is 0.507 e. The molecule has 1 heterocycles. The molecule has 3 nitrogen and oxygen atoms in total. The van der Waals surface area contributed by atoms with E-state index in [1.165, 1.54) is 24.3 Å². The van der Waals surface area contributed by atoms with Crippen molar-refractivity contribution in [3.8, 4) is 5.75 Å². The molecule has 1 unspecified atom stereocenters. The van der Waals surface area contributed by atoms with Crippen LogP contribution in [0, 0.1) is 11.6 Å². The first-order chi connectivity index (χ1) is 17.4. The highest BCUT2D eigenvalue weighted by Gasteiger charge is 2.35. The first kappa shape index (κ1) is 27.3. The minimum atomic E-state index is -0.282. The molecule has 0 bridgehead atoms. The van der Waals surface area contributed by atoms with Crippen molar-refractivity contribution in [3.05, 3.63) is 100 Å². The minimum absolute atomic E-state index is 0.0965. The molecular weight excluding hydrogens is 466 g/mol. The van der Waals surface area contributed by atoms with E-state index in [4.69, 9.17) is 0 Å². The average Bonchev–Trinajstić information content (AvgIpc) is 2.83. The number of phenols is 1. The summed E-state index contributed by atoms with van der Waals surface area (Å²) in [5.41, 5.74) is 4.33. The predicted molar refractivity (Wildman–Crippen MR) is 147 cm³/mol. The van der Waals surface area contributed by atoms with E-state index in [2.05, 4.69) is 63.9 Å². The van der Waals surface area contributed by atoms with Gasteiger partial charge >= 0.3 is 0 Å². The van der Waals surface area contributed by atoms with Crippen LogP contribution in [0.25, 0.3) is 0 Å². The highest BCUT2D eigenvalue weighted by Crippen LogP contribution is 2.46. The summed E-state index contributed by atoms with van der Waals surface area (Å²) in [4.78, 5) is 2.47. The number of hydrogen-bond acceptors (Lipinski definition) is 3. The monoisotopic (exact) mass is 506 g/mol. The van der Waals surface area contributed by atoms with E-state index in [0.717, 1.165) is 54.0 Å². The molecule has 0 radical (unpaired) electrons.